The van der Waals surface area contributed by atoms with Crippen molar-refractivity contribution in [3.05, 3.63) is 53.6 Å². The quantitative estimate of drug-likeness (QED) is 0.620. The largest absolute Gasteiger partial charge is 0.363 e. The van der Waals surface area contributed by atoms with Gasteiger partial charge in [-0.2, -0.15) is 22.5 Å². The molecule has 0 bridgehead atoms. The third kappa shape index (κ3) is 2.89. The van der Waals surface area contributed by atoms with Gasteiger partial charge in [-0.25, -0.2) is 0 Å². The molecule has 2 aromatic rings. The van der Waals surface area contributed by atoms with Crippen LogP contribution in [0.15, 0.2) is 24.5 Å². The van der Waals surface area contributed by atoms with Gasteiger partial charge in [0.25, 0.3) is 17.8 Å². The van der Waals surface area contributed by atoms with E-state index in [9.17, 15) is 22.4 Å². The number of nitrogens with zero attached hydrogens (tertiary/aromatic N) is 4. The van der Waals surface area contributed by atoms with Crippen LogP contribution in [0.1, 0.15) is 10.4 Å². The van der Waals surface area contributed by atoms with Gasteiger partial charge in [-0.05, 0) is 12.1 Å². The first-order valence-electron chi connectivity index (χ1n) is 7.13. The van der Waals surface area contributed by atoms with E-state index in [4.69, 9.17) is 0 Å². The van der Waals surface area contributed by atoms with E-state index in [1.54, 1.807) is 12.1 Å². The lowest BCUT2D eigenvalue weighted by atomic mass is 10.2. The Bertz CT molecular complexity index is 738. The predicted octanol–water partition coefficient (Wildman–Crippen LogP) is 2.00. The molecular formula is C15H12F4N4O. The van der Waals surface area contributed by atoms with Crippen LogP contribution in [0.3, 0.4) is 0 Å². The van der Waals surface area contributed by atoms with Crippen molar-refractivity contribution in [3.8, 4) is 0 Å². The van der Waals surface area contributed by atoms with Gasteiger partial charge >= 0.3 is 0 Å². The highest BCUT2D eigenvalue weighted by molar-refractivity contribution is 5.94. The minimum absolute atomic E-state index is 0.0305. The first-order valence-corrected chi connectivity index (χ1v) is 7.13. The summed E-state index contributed by atoms with van der Waals surface area (Å²) in [5, 5.41) is 0. The van der Waals surface area contributed by atoms with Gasteiger partial charge in [-0.1, -0.05) is 0 Å². The monoisotopic (exact) mass is 340 g/mol. The first kappa shape index (κ1) is 16.2. The predicted molar refractivity (Wildman–Crippen MR) is 76.4 cm³/mol. The number of carbonyl (C=O) groups is 1. The highest BCUT2D eigenvalue weighted by Gasteiger charge is 2.29. The molecule has 1 aliphatic heterocycles. The summed E-state index contributed by atoms with van der Waals surface area (Å²) in [6, 6.07) is 3.23. The Kier molecular flexibility index (Phi) is 4.32. The summed E-state index contributed by atoms with van der Waals surface area (Å²) < 4.78 is 54.0. The fraction of sp³-hybridized carbons (Fsp3) is 0.267. The summed E-state index contributed by atoms with van der Waals surface area (Å²) in [6.45, 7) is 0.363. The van der Waals surface area contributed by atoms with E-state index in [-0.39, 0.29) is 32.1 Å². The zero-order valence-electron chi connectivity index (χ0n) is 12.3. The van der Waals surface area contributed by atoms with E-state index >= 15 is 0 Å². The van der Waals surface area contributed by atoms with Crippen LogP contribution in [0.5, 0.6) is 0 Å². The topological polar surface area (TPSA) is 49.3 Å². The Balaban J connectivity index is 1.76. The maximum absolute atomic E-state index is 13.8. The third-order valence-corrected chi connectivity index (χ3v) is 3.77. The van der Waals surface area contributed by atoms with E-state index in [0.29, 0.717) is 5.56 Å². The molecule has 0 spiro atoms. The third-order valence-electron chi connectivity index (χ3n) is 3.77. The second-order valence-corrected chi connectivity index (χ2v) is 5.19. The van der Waals surface area contributed by atoms with Crippen LogP contribution in [0.2, 0.25) is 0 Å². The number of piperazine rings is 1. The molecule has 3 rings (SSSR count). The average molecular weight is 340 g/mol. The molecule has 2 aromatic heterocycles. The summed E-state index contributed by atoms with van der Waals surface area (Å²) >= 11 is 0. The zero-order chi connectivity index (χ0) is 17.3. The highest BCUT2D eigenvalue weighted by atomic mass is 19.2. The minimum Gasteiger partial charge on any atom is -0.363 e. The average Bonchev–Trinajstić information content (AvgIpc) is 2.61. The Hall–Kier alpha value is -2.71. The van der Waals surface area contributed by atoms with Crippen LogP contribution in [0, 0.1) is 23.5 Å². The number of anilines is 1. The molecule has 0 atom stereocenters. The van der Waals surface area contributed by atoms with E-state index in [1.165, 1.54) is 17.3 Å². The smallest absolute Gasteiger partial charge is 0.255 e. The van der Waals surface area contributed by atoms with Crippen molar-refractivity contribution < 1.29 is 22.4 Å². The lowest BCUT2D eigenvalue weighted by Gasteiger charge is -2.36. The van der Waals surface area contributed by atoms with Gasteiger partial charge in [0.05, 0.1) is 5.56 Å². The summed E-state index contributed by atoms with van der Waals surface area (Å²) in [5.74, 6) is -6.74. The molecule has 24 heavy (non-hydrogen) atoms. The summed E-state index contributed by atoms with van der Waals surface area (Å²) in [5.41, 5.74) is -0.405. The molecule has 1 saturated heterocycles. The van der Waals surface area contributed by atoms with Crippen molar-refractivity contribution in [2.24, 2.45) is 0 Å². The van der Waals surface area contributed by atoms with Crippen LogP contribution in [-0.2, 0) is 0 Å². The number of rotatable bonds is 2. The molecule has 0 aliphatic carbocycles. The normalized spacial score (nSPS) is 14.8. The number of amides is 1. The van der Waals surface area contributed by atoms with E-state index in [0.717, 1.165) is 4.90 Å². The molecule has 9 heteroatoms. The fourth-order valence-electron chi connectivity index (χ4n) is 2.56. The molecule has 5 nitrogen and oxygen atoms in total. The molecule has 1 fully saturated rings. The van der Waals surface area contributed by atoms with Gasteiger partial charge in [-0.3, -0.25) is 9.78 Å². The Labute approximate surface area is 134 Å². The maximum atomic E-state index is 13.8. The molecule has 0 unspecified atom stereocenters. The van der Waals surface area contributed by atoms with Gasteiger partial charge in [0, 0.05) is 38.6 Å². The molecule has 0 radical (unpaired) electrons. The number of aromatic nitrogens is 2. The standard InChI is InChI=1S/C15H12F4N4O/c16-10-12(11(17)14(19)21-13(10)18)22-4-6-23(7-5-22)15(24)9-2-1-3-20-8-9/h1-3,8H,4-7H2. The van der Waals surface area contributed by atoms with Crippen LogP contribution in [0.25, 0.3) is 0 Å². The minimum atomic E-state index is -1.70. The lowest BCUT2D eigenvalue weighted by Crippen LogP contribution is -2.49. The van der Waals surface area contributed by atoms with Gasteiger partial charge in [0.1, 0.15) is 5.69 Å². The van der Waals surface area contributed by atoms with Crippen molar-refractivity contribution in [1.29, 1.82) is 0 Å². The van der Waals surface area contributed by atoms with E-state index in [1.807, 2.05) is 0 Å². The molecule has 1 amide bonds. The van der Waals surface area contributed by atoms with Crippen molar-refractivity contribution in [2.45, 2.75) is 0 Å². The molecule has 126 valence electrons. The molecule has 0 N–H and O–H groups in total. The fourth-order valence-corrected chi connectivity index (χ4v) is 2.56. The molecule has 0 saturated carbocycles. The van der Waals surface area contributed by atoms with Crippen LogP contribution < -0.4 is 4.90 Å². The molecular weight excluding hydrogens is 328 g/mol. The number of pyridine rings is 2. The number of carbonyl (C=O) groups excluding carboxylic acids is 1. The van der Waals surface area contributed by atoms with Gasteiger partial charge in [0.2, 0.25) is 11.6 Å². The van der Waals surface area contributed by atoms with Crippen LogP contribution in [0.4, 0.5) is 23.2 Å². The highest BCUT2D eigenvalue weighted by Crippen LogP contribution is 2.27. The number of hydrogen-bond acceptors (Lipinski definition) is 4. The second kappa shape index (κ2) is 6.42. The van der Waals surface area contributed by atoms with E-state index < -0.39 is 29.2 Å². The van der Waals surface area contributed by atoms with Gasteiger partial charge in [0.15, 0.2) is 0 Å². The molecule has 1 aliphatic rings. The lowest BCUT2D eigenvalue weighted by molar-refractivity contribution is 0.0746. The summed E-state index contributed by atoms with van der Waals surface area (Å²) in [4.78, 5) is 21.3. The van der Waals surface area contributed by atoms with Gasteiger partial charge < -0.3 is 9.80 Å². The SMILES string of the molecule is O=C(c1cccnc1)N1CCN(c2c(F)c(F)nc(F)c2F)CC1. The van der Waals surface area contributed by atoms with Crippen LogP contribution in [-0.4, -0.2) is 47.0 Å². The van der Waals surface area contributed by atoms with E-state index in [2.05, 4.69) is 9.97 Å². The Morgan fingerprint density at radius 1 is 1.00 bits per heavy atom. The zero-order valence-corrected chi connectivity index (χ0v) is 12.3. The van der Waals surface area contributed by atoms with Crippen molar-refractivity contribution >= 4 is 11.6 Å². The summed E-state index contributed by atoms with van der Waals surface area (Å²) in [7, 11) is 0. The summed E-state index contributed by atoms with van der Waals surface area (Å²) in [6.07, 6.45) is 2.95. The van der Waals surface area contributed by atoms with Gasteiger partial charge in [-0.15, -0.1) is 0 Å². The van der Waals surface area contributed by atoms with Crippen molar-refractivity contribution in [2.75, 3.05) is 31.1 Å². The second-order valence-electron chi connectivity index (χ2n) is 5.19. The maximum Gasteiger partial charge on any atom is 0.255 e. The Morgan fingerprint density at radius 3 is 2.17 bits per heavy atom. The van der Waals surface area contributed by atoms with Crippen LogP contribution >= 0.6 is 0 Å². The number of halogens is 4. The van der Waals surface area contributed by atoms with Crippen molar-refractivity contribution in [3.63, 3.8) is 0 Å². The number of hydrogen-bond donors (Lipinski definition) is 0. The van der Waals surface area contributed by atoms with Crippen molar-refractivity contribution in [1.82, 2.24) is 14.9 Å². The first-order chi connectivity index (χ1) is 11.5. The Morgan fingerprint density at radius 2 is 1.62 bits per heavy atom. The molecule has 3 heterocycles. The molecule has 0 aromatic carbocycles.